The summed E-state index contributed by atoms with van der Waals surface area (Å²) in [6.45, 7) is 4.69. The molecule has 8 nitrogen and oxygen atoms in total. The normalized spacial score (nSPS) is 14.0. The van der Waals surface area contributed by atoms with Gasteiger partial charge in [0, 0.05) is 6.42 Å². The van der Waals surface area contributed by atoms with E-state index in [0.717, 1.165) is 38.5 Å². The average molecular weight is 996 g/mol. The maximum Gasteiger partial charge on any atom is 0.268 e. The summed E-state index contributed by atoms with van der Waals surface area (Å²) in [5, 5.41) is 13.9. The summed E-state index contributed by atoms with van der Waals surface area (Å²) in [6, 6.07) is -0.888. The lowest BCUT2D eigenvalue weighted by Gasteiger charge is -2.29. The lowest BCUT2D eigenvalue weighted by Crippen LogP contribution is -2.45. The molecule has 0 saturated carbocycles. The van der Waals surface area contributed by atoms with Crippen LogP contribution < -0.4 is 10.2 Å². The number of carbonyl (C=O) groups is 1. The number of quaternary nitrogens is 1. The summed E-state index contributed by atoms with van der Waals surface area (Å²) in [4.78, 5) is 25.5. The van der Waals surface area contributed by atoms with Gasteiger partial charge in [-0.15, -0.1) is 0 Å². The Morgan fingerprint density at radius 1 is 0.493 bits per heavy atom. The van der Waals surface area contributed by atoms with Crippen molar-refractivity contribution >= 4 is 13.7 Å². The number of rotatable bonds is 56. The second-order valence-corrected chi connectivity index (χ2v) is 23.5. The average Bonchev–Trinajstić information content (AvgIpc) is 3.31. The van der Waals surface area contributed by atoms with Crippen LogP contribution >= 0.6 is 7.82 Å². The Morgan fingerprint density at radius 3 is 1.13 bits per heavy atom. The second kappa shape index (κ2) is 51.9. The standard InChI is InChI=1S/C60H119N2O6P/c1-6-8-10-12-14-16-18-20-22-24-26-28-30-31-32-33-35-37-39-41-43-45-47-49-51-53-59(63)58(57-68-69(65,66)67-56-55-62(3,4)5)61-60(64)54-52-50-48-46-44-42-40-38-36-34-29-27-25-23-21-19-17-15-13-11-9-7-2/h34,36,51,53,58-59,63H,6-33,35,37-50,52,54-57H2,1-5H3,(H-,61,64,65,66)/b36-34-,53-51+. The first-order valence-corrected chi connectivity index (χ1v) is 31.7. The molecule has 1 amide bonds. The minimum atomic E-state index is -4.60. The number of allylic oxidation sites excluding steroid dienone is 3. The largest absolute Gasteiger partial charge is 0.756 e. The molecule has 0 radical (unpaired) electrons. The van der Waals surface area contributed by atoms with Gasteiger partial charge >= 0.3 is 0 Å². The Labute approximate surface area is 430 Å². The van der Waals surface area contributed by atoms with Crippen molar-refractivity contribution in [3.05, 3.63) is 24.3 Å². The third-order valence-corrected chi connectivity index (χ3v) is 14.9. The van der Waals surface area contributed by atoms with Gasteiger partial charge in [-0.05, 0) is 44.9 Å². The third-order valence-electron chi connectivity index (χ3n) is 13.9. The smallest absolute Gasteiger partial charge is 0.268 e. The molecule has 2 N–H and O–H groups in total. The van der Waals surface area contributed by atoms with Crippen molar-refractivity contribution in [1.82, 2.24) is 5.32 Å². The zero-order chi connectivity index (χ0) is 50.6. The summed E-state index contributed by atoms with van der Waals surface area (Å²) in [5.74, 6) is -0.197. The molecule has 0 fully saturated rings. The molecule has 9 heteroatoms. The fourth-order valence-electron chi connectivity index (χ4n) is 9.15. The summed E-state index contributed by atoms with van der Waals surface area (Å²) >= 11 is 0. The number of hydrogen-bond acceptors (Lipinski definition) is 6. The molecular formula is C60H119N2O6P. The van der Waals surface area contributed by atoms with E-state index in [1.807, 2.05) is 27.2 Å². The highest BCUT2D eigenvalue weighted by Gasteiger charge is 2.23. The first-order chi connectivity index (χ1) is 33.5. The van der Waals surface area contributed by atoms with Crippen LogP contribution in [-0.4, -0.2) is 68.5 Å². The fourth-order valence-corrected chi connectivity index (χ4v) is 9.87. The summed E-state index contributed by atoms with van der Waals surface area (Å²) in [6.07, 6.45) is 65.4. The molecule has 0 rings (SSSR count). The van der Waals surface area contributed by atoms with Crippen LogP contribution in [0.2, 0.25) is 0 Å². The molecule has 69 heavy (non-hydrogen) atoms. The Morgan fingerprint density at radius 2 is 0.797 bits per heavy atom. The summed E-state index contributed by atoms with van der Waals surface area (Å²) in [5.41, 5.74) is 0. The molecule has 0 aromatic heterocycles. The number of amides is 1. The molecular weight excluding hydrogens is 876 g/mol. The topological polar surface area (TPSA) is 108 Å². The van der Waals surface area contributed by atoms with Crippen LogP contribution in [0.15, 0.2) is 24.3 Å². The highest BCUT2D eigenvalue weighted by atomic mass is 31.2. The van der Waals surface area contributed by atoms with E-state index in [9.17, 15) is 19.4 Å². The molecule has 0 spiro atoms. The predicted molar refractivity (Wildman–Crippen MR) is 298 cm³/mol. The van der Waals surface area contributed by atoms with Crippen LogP contribution in [0.25, 0.3) is 0 Å². The van der Waals surface area contributed by atoms with Gasteiger partial charge in [0.15, 0.2) is 0 Å². The van der Waals surface area contributed by atoms with Crippen molar-refractivity contribution in [1.29, 1.82) is 0 Å². The number of unbranched alkanes of at least 4 members (excludes halogenated alkanes) is 41. The number of hydrogen-bond donors (Lipinski definition) is 2. The van der Waals surface area contributed by atoms with Crippen LogP contribution in [0, 0.1) is 0 Å². The SMILES string of the molecule is CCCCCCCCCCCCC/C=C\CCCCCCCCCC(=O)NC(COP(=O)([O-])OCC[N+](C)(C)C)C(O)/C=C/CCCCCCCCCCCCCCCCCCCCCCCCC. The molecule has 410 valence electrons. The van der Waals surface area contributed by atoms with E-state index < -0.39 is 20.0 Å². The van der Waals surface area contributed by atoms with Gasteiger partial charge in [-0.3, -0.25) is 9.36 Å². The molecule has 0 aliphatic heterocycles. The fraction of sp³-hybridized carbons (Fsp3) is 0.917. The van der Waals surface area contributed by atoms with E-state index in [1.165, 1.54) is 244 Å². The van der Waals surface area contributed by atoms with Crippen molar-refractivity contribution in [2.24, 2.45) is 0 Å². The second-order valence-electron chi connectivity index (χ2n) is 22.1. The Bertz CT molecular complexity index is 1170. The maximum absolute atomic E-state index is 13.0. The van der Waals surface area contributed by atoms with Gasteiger partial charge < -0.3 is 28.8 Å². The van der Waals surface area contributed by atoms with Gasteiger partial charge in [-0.1, -0.05) is 276 Å². The maximum atomic E-state index is 13.0. The number of phosphoric acid groups is 1. The van der Waals surface area contributed by atoms with E-state index in [1.54, 1.807) is 6.08 Å². The minimum Gasteiger partial charge on any atom is -0.756 e. The van der Waals surface area contributed by atoms with E-state index in [4.69, 9.17) is 9.05 Å². The van der Waals surface area contributed by atoms with E-state index in [2.05, 4.69) is 31.3 Å². The third kappa shape index (κ3) is 54.6. The van der Waals surface area contributed by atoms with Crippen LogP contribution in [0.5, 0.6) is 0 Å². The van der Waals surface area contributed by atoms with Crippen LogP contribution in [0.4, 0.5) is 0 Å². The Hall–Kier alpha value is -1.02. The van der Waals surface area contributed by atoms with Crippen LogP contribution in [-0.2, 0) is 18.4 Å². The molecule has 3 unspecified atom stereocenters. The summed E-state index contributed by atoms with van der Waals surface area (Å²) < 4.78 is 23.4. The van der Waals surface area contributed by atoms with Gasteiger partial charge in [-0.2, -0.15) is 0 Å². The van der Waals surface area contributed by atoms with E-state index >= 15 is 0 Å². The van der Waals surface area contributed by atoms with Crippen molar-refractivity contribution in [2.45, 2.75) is 315 Å². The molecule has 0 aliphatic carbocycles. The lowest BCUT2D eigenvalue weighted by molar-refractivity contribution is -0.870. The number of aliphatic hydroxyl groups is 1. The molecule has 3 atom stereocenters. The number of aliphatic hydroxyl groups excluding tert-OH is 1. The van der Waals surface area contributed by atoms with Gasteiger partial charge in [0.2, 0.25) is 5.91 Å². The quantitative estimate of drug-likeness (QED) is 0.0272. The molecule has 0 bridgehead atoms. The zero-order valence-electron chi connectivity index (χ0n) is 46.8. The number of nitrogens with zero attached hydrogens (tertiary/aromatic N) is 1. The van der Waals surface area contributed by atoms with Gasteiger partial charge in [0.25, 0.3) is 7.82 Å². The van der Waals surface area contributed by atoms with Crippen LogP contribution in [0.1, 0.15) is 303 Å². The molecule has 0 aromatic rings. The number of phosphoric ester groups is 1. The van der Waals surface area contributed by atoms with Crippen LogP contribution in [0.3, 0.4) is 0 Å². The van der Waals surface area contributed by atoms with Crippen molar-refractivity contribution in [2.75, 3.05) is 40.9 Å². The van der Waals surface area contributed by atoms with Gasteiger partial charge in [-0.25, -0.2) is 0 Å². The number of likely N-dealkylation sites (N-methyl/N-ethyl adjacent to an activating group) is 1. The zero-order valence-corrected chi connectivity index (χ0v) is 47.7. The van der Waals surface area contributed by atoms with Gasteiger partial charge in [0.05, 0.1) is 39.9 Å². The summed E-state index contributed by atoms with van der Waals surface area (Å²) in [7, 11) is 1.27. The highest BCUT2D eigenvalue weighted by molar-refractivity contribution is 7.45. The van der Waals surface area contributed by atoms with Crippen molar-refractivity contribution in [3.8, 4) is 0 Å². The highest BCUT2D eigenvalue weighted by Crippen LogP contribution is 2.38. The first kappa shape index (κ1) is 68.0. The first-order valence-electron chi connectivity index (χ1n) is 30.2. The predicted octanol–water partition coefficient (Wildman–Crippen LogP) is 17.7. The number of carbonyl (C=O) groups excluding carboxylic acids is 1. The van der Waals surface area contributed by atoms with Crippen molar-refractivity contribution < 1.29 is 32.9 Å². The van der Waals surface area contributed by atoms with Gasteiger partial charge in [0.1, 0.15) is 13.2 Å². The molecule has 0 aromatic carbocycles. The van der Waals surface area contributed by atoms with Crippen molar-refractivity contribution in [3.63, 3.8) is 0 Å². The number of nitrogens with one attached hydrogen (secondary N) is 1. The Balaban J connectivity index is 4.18. The minimum absolute atomic E-state index is 0.000119. The monoisotopic (exact) mass is 995 g/mol. The molecule has 0 aliphatic rings. The molecule has 0 saturated heterocycles. The lowest BCUT2D eigenvalue weighted by atomic mass is 10.0. The Kier molecular flexibility index (Phi) is 51.1. The van der Waals surface area contributed by atoms with E-state index in [0.29, 0.717) is 17.4 Å². The van der Waals surface area contributed by atoms with E-state index in [-0.39, 0.29) is 19.1 Å². The molecule has 0 heterocycles.